The molecule has 1 heterocycles. The van der Waals surface area contributed by atoms with Gasteiger partial charge in [0.25, 0.3) is 0 Å². The first-order valence-corrected chi connectivity index (χ1v) is 6.47. The number of hydrogen-bond acceptors (Lipinski definition) is 4. The van der Waals surface area contributed by atoms with Crippen LogP contribution in [-0.2, 0) is 11.3 Å². The molecule has 1 aromatic carbocycles. The summed E-state index contributed by atoms with van der Waals surface area (Å²) in [4.78, 5) is 15.0. The molecule has 0 radical (unpaired) electrons. The number of carbonyl (C=O) groups is 1. The van der Waals surface area contributed by atoms with E-state index in [1.807, 2.05) is 17.0 Å². The molecule has 0 aliphatic carbocycles. The lowest BCUT2D eigenvalue weighted by Crippen LogP contribution is -2.47. The number of piperazine rings is 1. The highest BCUT2D eigenvalue weighted by Crippen LogP contribution is 2.14. The molecular weight excluding hydrogens is 244 g/mol. The molecule has 0 unspecified atom stereocenters. The monoisotopic (exact) mass is 264 g/mol. The van der Waals surface area contributed by atoms with Gasteiger partial charge in [-0.1, -0.05) is 12.1 Å². The van der Waals surface area contributed by atoms with Crippen LogP contribution in [0.4, 0.5) is 0 Å². The Morgan fingerprint density at radius 1 is 1.16 bits per heavy atom. The Kier molecular flexibility index (Phi) is 4.76. The van der Waals surface area contributed by atoms with Gasteiger partial charge in [-0.25, -0.2) is 0 Å². The van der Waals surface area contributed by atoms with Gasteiger partial charge in [0.1, 0.15) is 5.75 Å². The van der Waals surface area contributed by atoms with Crippen LogP contribution < -0.4 is 4.74 Å². The van der Waals surface area contributed by atoms with E-state index in [1.54, 1.807) is 7.11 Å². The Morgan fingerprint density at radius 2 is 1.74 bits per heavy atom. The van der Waals surface area contributed by atoms with E-state index in [4.69, 9.17) is 9.84 Å². The number of hydrogen-bond donors (Lipinski definition) is 1. The molecular formula is C14H20N2O3. The first kappa shape index (κ1) is 13.8. The van der Waals surface area contributed by atoms with Gasteiger partial charge in [0, 0.05) is 32.7 Å². The van der Waals surface area contributed by atoms with Gasteiger partial charge in [0.2, 0.25) is 0 Å². The second-order valence-electron chi connectivity index (χ2n) is 4.79. The summed E-state index contributed by atoms with van der Waals surface area (Å²) in [6.07, 6.45) is 0. The van der Waals surface area contributed by atoms with Gasteiger partial charge in [-0.05, 0) is 17.7 Å². The van der Waals surface area contributed by atoms with Crippen molar-refractivity contribution in [1.82, 2.24) is 9.80 Å². The largest absolute Gasteiger partial charge is 0.497 e. The van der Waals surface area contributed by atoms with E-state index in [0.717, 1.165) is 38.5 Å². The van der Waals surface area contributed by atoms with Crippen LogP contribution in [0.1, 0.15) is 5.56 Å². The molecule has 0 aromatic heterocycles. The summed E-state index contributed by atoms with van der Waals surface area (Å²) >= 11 is 0. The highest BCUT2D eigenvalue weighted by Gasteiger charge is 2.18. The number of rotatable bonds is 5. The molecule has 1 aliphatic heterocycles. The molecule has 0 bridgehead atoms. The summed E-state index contributed by atoms with van der Waals surface area (Å²) in [6.45, 7) is 4.53. The number of aliphatic carboxylic acids is 1. The van der Waals surface area contributed by atoms with Crippen molar-refractivity contribution in [2.75, 3.05) is 39.8 Å². The standard InChI is InChI=1S/C14H20N2O3/c1-19-13-4-2-12(3-5-13)10-15-6-8-16(9-7-15)11-14(17)18/h2-5H,6-11H2,1H3,(H,17,18). The van der Waals surface area contributed by atoms with Crippen LogP contribution in [-0.4, -0.2) is 60.7 Å². The summed E-state index contributed by atoms with van der Waals surface area (Å²) in [7, 11) is 1.66. The fraction of sp³-hybridized carbons (Fsp3) is 0.500. The lowest BCUT2D eigenvalue weighted by Gasteiger charge is -2.33. The highest BCUT2D eigenvalue weighted by molar-refractivity contribution is 5.69. The molecule has 1 aromatic rings. The first-order valence-electron chi connectivity index (χ1n) is 6.47. The fourth-order valence-electron chi connectivity index (χ4n) is 2.29. The minimum atomic E-state index is -0.747. The number of ether oxygens (including phenoxy) is 1. The second kappa shape index (κ2) is 6.54. The molecule has 1 fully saturated rings. The maximum atomic E-state index is 10.6. The molecule has 0 atom stereocenters. The van der Waals surface area contributed by atoms with Crippen LogP contribution in [0.5, 0.6) is 5.75 Å². The van der Waals surface area contributed by atoms with Gasteiger partial charge < -0.3 is 9.84 Å². The van der Waals surface area contributed by atoms with Crippen molar-refractivity contribution in [1.29, 1.82) is 0 Å². The van der Waals surface area contributed by atoms with Crippen LogP contribution in [0, 0.1) is 0 Å². The Labute approximate surface area is 113 Å². The van der Waals surface area contributed by atoms with Crippen molar-refractivity contribution in [3.8, 4) is 5.75 Å². The van der Waals surface area contributed by atoms with E-state index < -0.39 is 5.97 Å². The van der Waals surface area contributed by atoms with Crippen LogP contribution in [0.25, 0.3) is 0 Å². The highest BCUT2D eigenvalue weighted by atomic mass is 16.5. The summed E-state index contributed by atoms with van der Waals surface area (Å²) in [5.74, 6) is 0.124. The third-order valence-electron chi connectivity index (χ3n) is 3.39. The van der Waals surface area contributed by atoms with Gasteiger partial charge in [0.15, 0.2) is 0 Å². The van der Waals surface area contributed by atoms with Gasteiger partial charge in [0.05, 0.1) is 13.7 Å². The summed E-state index contributed by atoms with van der Waals surface area (Å²) in [5.41, 5.74) is 1.26. The molecule has 0 amide bonds. The molecule has 1 aliphatic rings. The summed E-state index contributed by atoms with van der Waals surface area (Å²) in [5, 5.41) is 8.75. The minimum Gasteiger partial charge on any atom is -0.497 e. The third-order valence-corrected chi connectivity index (χ3v) is 3.39. The van der Waals surface area contributed by atoms with Crippen molar-refractivity contribution in [3.05, 3.63) is 29.8 Å². The molecule has 104 valence electrons. The predicted octanol–water partition coefficient (Wildman–Crippen LogP) is 0.897. The van der Waals surface area contributed by atoms with Gasteiger partial charge in [-0.3, -0.25) is 14.6 Å². The van der Waals surface area contributed by atoms with Crippen molar-refractivity contribution in [2.24, 2.45) is 0 Å². The number of carboxylic acids is 1. The van der Waals surface area contributed by atoms with E-state index >= 15 is 0 Å². The third kappa shape index (κ3) is 4.22. The van der Waals surface area contributed by atoms with Crippen molar-refractivity contribution < 1.29 is 14.6 Å². The zero-order valence-electron chi connectivity index (χ0n) is 11.2. The van der Waals surface area contributed by atoms with Crippen LogP contribution >= 0.6 is 0 Å². The number of nitrogens with zero attached hydrogens (tertiary/aromatic N) is 2. The van der Waals surface area contributed by atoms with Gasteiger partial charge in [-0.2, -0.15) is 0 Å². The summed E-state index contributed by atoms with van der Waals surface area (Å²) in [6, 6.07) is 8.08. The first-order chi connectivity index (χ1) is 9.17. The Hall–Kier alpha value is -1.59. The number of methoxy groups -OCH3 is 1. The lowest BCUT2D eigenvalue weighted by atomic mass is 10.2. The Morgan fingerprint density at radius 3 is 2.26 bits per heavy atom. The smallest absolute Gasteiger partial charge is 0.317 e. The Bertz CT molecular complexity index is 411. The maximum Gasteiger partial charge on any atom is 0.317 e. The number of benzene rings is 1. The van der Waals surface area contributed by atoms with E-state index in [9.17, 15) is 4.79 Å². The fourth-order valence-corrected chi connectivity index (χ4v) is 2.29. The van der Waals surface area contributed by atoms with E-state index in [0.29, 0.717) is 0 Å². The quantitative estimate of drug-likeness (QED) is 0.856. The Balaban J connectivity index is 1.80. The maximum absolute atomic E-state index is 10.6. The van der Waals surface area contributed by atoms with Crippen molar-refractivity contribution >= 4 is 5.97 Å². The normalized spacial score (nSPS) is 17.3. The molecule has 2 rings (SSSR count). The molecule has 5 heteroatoms. The van der Waals surface area contributed by atoms with Crippen molar-refractivity contribution in [2.45, 2.75) is 6.54 Å². The zero-order chi connectivity index (χ0) is 13.7. The van der Waals surface area contributed by atoms with E-state index in [2.05, 4.69) is 17.0 Å². The van der Waals surface area contributed by atoms with Gasteiger partial charge in [-0.15, -0.1) is 0 Å². The average Bonchev–Trinajstić information content (AvgIpc) is 2.41. The van der Waals surface area contributed by atoms with E-state index in [-0.39, 0.29) is 6.54 Å². The van der Waals surface area contributed by atoms with Crippen LogP contribution in [0.15, 0.2) is 24.3 Å². The van der Waals surface area contributed by atoms with Gasteiger partial charge >= 0.3 is 5.97 Å². The SMILES string of the molecule is COc1ccc(CN2CCN(CC(=O)O)CC2)cc1. The topological polar surface area (TPSA) is 53.0 Å². The van der Waals surface area contributed by atoms with Crippen LogP contribution in [0.3, 0.4) is 0 Å². The number of carboxylic acid groups (broad SMARTS) is 1. The molecule has 5 nitrogen and oxygen atoms in total. The second-order valence-corrected chi connectivity index (χ2v) is 4.79. The minimum absolute atomic E-state index is 0.149. The van der Waals surface area contributed by atoms with Crippen LogP contribution in [0.2, 0.25) is 0 Å². The molecule has 0 saturated carbocycles. The van der Waals surface area contributed by atoms with E-state index in [1.165, 1.54) is 5.56 Å². The zero-order valence-corrected chi connectivity index (χ0v) is 11.2. The molecule has 0 spiro atoms. The molecule has 1 N–H and O–H groups in total. The molecule has 1 saturated heterocycles. The molecule has 19 heavy (non-hydrogen) atoms. The summed E-state index contributed by atoms with van der Waals surface area (Å²) < 4.78 is 5.13. The average molecular weight is 264 g/mol. The lowest BCUT2D eigenvalue weighted by molar-refractivity contribution is -0.138. The predicted molar refractivity (Wildman–Crippen MR) is 72.3 cm³/mol. The van der Waals surface area contributed by atoms with Crippen molar-refractivity contribution in [3.63, 3.8) is 0 Å².